The number of aryl methyl sites for hydroxylation is 1. The highest BCUT2D eigenvalue weighted by atomic mass is 15.2. The topological polar surface area (TPSA) is 29.3 Å². The molecule has 0 bridgehead atoms. The first-order valence-electron chi connectivity index (χ1n) is 8.27. The first kappa shape index (κ1) is 15.4. The van der Waals surface area contributed by atoms with Crippen LogP contribution in [-0.2, 0) is 6.42 Å². The van der Waals surface area contributed by atoms with Crippen molar-refractivity contribution in [3.8, 4) is 0 Å². The summed E-state index contributed by atoms with van der Waals surface area (Å²) in [5.74, 6) is 0. The maximum absolute atomic E-state index is 6.07. The summed E-state index contributed by atoms with van der Waals surface area (Å²) >= 11 is 0. The van der Waals surface area contributed by atoms with Crippen LogP contribution in [0.5, 0.6) is 0 Å². The van der Waals surface area contributed by atoms with E-state index < -0.39 is 0 Å². The second-order valence-corrected chi connectivity index (χ2v) is 6.27. The van der Waals surface area contributed by atoms with Crippen LogP contribution in [-0.4, -0.2) is 18.6 Å². The van der Waals surface area contributed by atoms with Crippen molar-refractivity contribution in [1.82, 2.24) is 0 Å². The molecule has 1 aliphatic carbocycles. The van der Waals surface area contributed by atoms with Crippen LogP contribution < -0.4 is 10.6 Å². The van der Waals surface area contributed by atoms with Crippen molar-refractivity contribution >= 4 is 5.69 Å². The fourth-order valence-corrected chi connectivity index (χ4v) is 2.83. The number of hydrogen-bond acceptors (Lipinski definition) is 2. The molecule has 2 nitrogen and oxygen atoms in total. The molecular formula is C18H30N2. The Morgan fingerprint density at radius 1 is 1.30 bits per heavy atom. The van der Waals surface area contributed by atoms with Crippen LogP contribution in [0.1, 0.15) is 57.1 Å². The van der Waals surface area contributed by atoms with Crippen LogP contribution in [0, 0.1) is 6.92 Å². The zero-order chi connectivity index (χ0) is 14.5. The molecule has 0 saturated heterocycles. The van der Waals surface area contributed by atoms with Gasteiger partial charge in [0.2, 0.25) is 0 Å². The molecular weight excluding hydrogens is 244 g/mol. The standard InChI is InChI=1S/C18H30N2/c1-4-6-11-20(17-8-9-17)18-10-7-15(12-14(18)3)13-16(19)5-2/h7,10,12,16-17H,4-6,8-9,11,13,19H2,1-3H3. The van der Waals surface area contributed by atoms with Crippen molar-refractivity contribution in [3.63, 3.8) is 0 Å². The van der Waals surface area contributed by atoms with Crippen LogP contribution in [0.4, 0.5) is 5.69 Å². The second kappa shape index (κ2) is 7.12. The molecule has 0 aromatic heterocycles. The third kappa shape index (κ3) is 3.99. The summed E-state index contributed by atoms with van der Waals surface area (Å²) in [5.41, 5.74) is 10.3. The summed E-state index contributed by atoms with van der Waals surface area (Å²) in [6, 6.07) is 8.02. The Morgan fingerprint density at radius 2 is 2.05 bits per heavy atom. The van der Waals surface area contributed by atoms with Gasteiger partial charge in [0.05, 0.1) is 0 Å². The fourth-order valence-electron chi connectivity index (χ4n) is 2.83. The van der Waals surface area contributed by atoms with E-state index in [4.69, 9.17) is 5.73 Å². The number of nitrogens with two attached hydrogens (primary N) is 1. The first-order chi connectivity index (χ1) is 9.65. The number of rotatable bonds is 8. The van der Waals surface area contributed by atoms with Crippen LogP contribution in [0.2, 0.25) is 0 Å². The molecule has 1 aliphatic rings. The van der Waals surface area contributed by atoms with Gasteiger partial charge in [0, 0.05) is 24.3 Å². The smallest absolute Gasteiger partial charge is 0.0398 e. The Kier molecular flexibility index (Phi) is 5.47. The molecule has 1 aromatic rings. The van der Waals surface area contributed by atoms with Gasteiger partial charge in [0.25, 0.3) is 0 Å². The molecule has 1 unspecified atom stereocenters. The molecule has 0 heterocycles. The Morgan fingerprint density at radius 3 is 2.60 bits per heavy atom. The molecule has 0 spiro atoms. The minimum Gasteiger partial charge on any atom is -0.368 e. The van der Waals surface area contributed by atoms with Crippen molar-refractivity contribution in [1.29, 1.82) is 0 Å². The van der Waals surface area contributed by atoms with Crippen molar-refractivity contribution in [2.24, 2.45) is 5.73 Å². The molecule has 0 amide bonds. The highest BCUT2D eigenvalue weighted by Gasteiger charge is 2.29. The Hall–Kier alpha value is -1.02. The molecule has 112 valence electrons. The molecule has 1 atom stereocenters. The Bertz CT molecular complexity index is 423. The molecule has 20 heavy (non-hydrogen) atoms. The summed E-state index contributed by atoms with van der Waals surface area (Å²) in [4.78, 5) is 2.63. The summed E-state index contributed by atoms with van der Waals surface area (Å²) in [7, 11) is 0. The van der Waals surface area contributed by atoms with Crippen LogP contribution in [0.15, 0.2) is 18.2 Å². The number of nitrogens with zero attached hydrogens (tertiary/aromatic N) is 1. The Balaban J connectivity index is 2.10. The molecule has 0 radical (unpaired) electrons. The fraction of sp³-hybridized carbons (Fsp3) is 0.667. The van der Waals surface area contributed by atoms with Gasteiger partial charge in [-0.2, -0.15) is 0 Å². The first-order valence-corrected chi connectivity index (χ1v) is 8.27. The maximum Gasteiger partial charge on any atom is 0.0398 e. The van der Waals surface area contributed by atoms with Crippen LogP contribution in [0.3, 0.4) is 0 Å². The van der Waals surface area contributed by atoms with Crippen molar-refractivity contribution in [2.45, 2.75) is 71.4 Å². The zero-order valence-corrected chi connectivity index (χ0v) is 13.4. The highest BCUT2D eigenvalue weighted by molar-refractivity contribution is 5.56. The van der Waals surface area contributed by atoms with Crippen molar-refractivity contribution in [3.05, 3.63) is 29.3 Å². The van der Waals surface area contributed by atoms with Crippen LogP contribution >= 0.6 is 0 Å². The highest BCUT2D eigenvalue weighted by Crippen LogP contribution is 2.34. The molecule has 1 fully saturated rings. The van der Waals surface area contributed by atoms with Gasteiger partial charge in [-0.1, -0.05) is 32.4 Å². The second-order valence-electron chi connectivity index (χ2n) is 6.27. The molecule has 1 aromatic carbocycles. The van der Waals surface area contributed by atoms with Gasteiger partial charge < -0.3 is 10.6 Å². The third-order valence-electron chi connectivity index (χ3n) is 4.33. The van der Waals surface area contributed by atoms with Gasteiger partial charge in [0.15, 0.2) is 0 Å². The van der Waals surface area contributed by atoms with E-state index in [1.54, 1.807) is 0 Å². The third-order valence-corrected chi connectivity index (χ3v) is 4.33. The number of anilines is 1. The predicted molar refractivity (Wildman–Crippen MR) is 88.4 cm³/mol. The molecule has 1 saturated carbocycles. The van der Waals surface area contributed by atoms with E-state index in [1.165, 1.54) is 49.0 Å². The van der Waals surface area contributed by atoms with E-state index in [-0.39, 0.29) is 0 Å². The van der Waals surface area contributed by atoms with Crippen molar-refractivity contribution in [2.75, 3.05) is 11.4 Å². The number of hydrogen-bond donors (Lipinski definition) is 1. The lowest BCUT2D eigenvalue weighted by Gasteiger charge is -2.27. The lowest BCUT2D eigenvalue weighted by atomic mass is 10.0. The maximum atomic E-state index is 6.07. The SMILES string of the molecule is CCCCN(c1ccc(CC(N)CC)cc1C)C1CC1. The van der Waals surface area contributed by atoms with Gasteiger partial charge in [-0.3, -0.25) is 0 Å². The lowest BCUT2D eigenvalue weighted by Crippen LogP contribution is -2.27. The van der Waals surface area contributed by atoms with Gasteiger partial charge >= 0.3 is 0 Å². The normalized spacial score (nSPS) is 16.2. The number of unbranched alkanes of at least 4 members (excludes halogenated alkanes) is 1. The van der Waals surface area contributed by atoms with E-state index in [0.29, 0.717) is 6.04 Å². The number of benzene rings is 1. The van der Waals surface area contributed by atoms with E-state index in [9.17, 15) is 0 Å². The molecule has 2 heteroatoms. The zero-order valence-electron chi connectivity index (χ0n) is 13.4. The van der Waals surface area contributed by atoms with E-state index >= 15 is 0 Å². The summed E-state index contributed by atoms with van der Waals surface area (Å²) in [6.07, 6.45) is 7.34. The van der Waals surface area contributed by atoms with Gasteiger partial charge in [-0.25, -0.2) is 0 Å². The summed E-state index contributed by atoms with van der Waals surface area (Å²) in [6.45, 7) is 7.88. The monoisotopic (exact) mass is 274 g/mol. The quantitative estimate of drug-likeness (QED) is 0.775. The van der Waals surface area contributed by atoms with Gasteiger partial charge in [0.1, 0.15) is 0 Å². The average molecular weight is 274 g/mol. The van der Waals surface area contributed by atoms with Gasteiger partial charge in [-0.15, -0.1) is 0 Å². The molecule has 0 aliphatic heterocycles. The largest absolute Gasteiger partial charge is 0.368 e. The van der Waals surface area contributed by atoms with Crippen molar-refractivity contribution < 1.29 is 0 Å². The minimum absolute atomic E-state index is 0.292. The van der Waals surface area contributed by atoms with E-state index in [1.807, 2.05) is 0 Å². The predicted octanol–water partition coefficient (Wildman–Crippen LogP) is 4.04. The van der Waals surface area contributed by atoms with Crippen LogP contribution in [0.25, 0.3) is 0 Å². The minimum atomic E-state index is 0.292. The molecule has 2 N–H and O–H groups in total. The molecule has 2 rings (SSSR count). The lowest BCUT2D eigenvalue weighted by molar-refractivity contribution is 0.646. The Labute approximate surface area is 124 Å². The summed E-state index contributed by atoms with van der Waals surface area (Å²) in [5, 5.41) is 0. The van der Waals surface area contributed by atoms with E-state index in [0.717, 1.165) is 18.9 Å². The average Bonchev–Trinajstić information content (AvgIpc) is 3.25. The summed E-state index contributed by atoms with van der Waals surface area (Å²) < 4.78 is 0. The van der Waals surface area contributed by atoms with E-state index in [2.05, 4.69) is 43.9 Å². The van der Waals surface area contributed by atoms with Gasteiger partial charge in [-0.05, 0) is 56.2 Å².